The van der Waals surface area contributed by atoms with Gasteiger partial charge in [-0.25, -0.2) is 4.39 Å². The number of rotatable bonds is 6. The highest BCUT2D eigenvalue weighted by Crippen LogP contribution is 2.18. The average Bonchev–Trinajstić information content (AvgIpc) is 2.24. The van der Waals surface area contributed by atoms with Crippen LogP contribution in [0.3, 0.4) is 0 Å². The Morgan fingerprint density at radius 1 is 1.50 bits per heavy atom. The Morgan fingerprint density at radius 2 is 2.25 bits per heavy atom. The van der Waals surface area contributed by atoms with Crippen molar-refractivity contribution in [2.75, 3.05) is 11.5 Å². The maximum absolute atomic E-state index is 13.4. The van der Waals surface area contributed by atoms with E-state index >= 15 is 0 Å². The maximum atomic E-state index is 13.4. The van der Waals surface area contributed by atoms with Crippen LogP contribution in [0.15, 0.2) is 22.7 Å². The monoisotopic (exact) mass is 306 g/mol. The summed E-state index contributed by atoms with van der Waals surface area (Å²) < 4.78 is 14.2. The molecule has 0 saturated carbocycles. The lowest BCUT2D eigenvalue weighted by atomic mass is 10.1. The quantitative estimate of drug-likeness (QED) is 0.810. The van der Waals surface area contributed by atoms with Crippen molar-refractivity contribution >= 4 is 27.7 Å². The molecule has 1 aromatic carbocycles. The minimum absolute atomic E-state index is 0.245. The number of aliphatic hydroxyl groups excluding tert-OH is 1. The number of hydrogen-bond donors (Lipinski definition) is 1. The van der Waals surface area contributed by atoms with E-state index < -0.39 is 6.10 Å². The van der Waals surface area contributed by atoms with Gasteiger partial charge in [0.1, 0.15) is 5.82 Å². The van der Waals surface area contributed by atoms with Gasteiger partial charge in [-0.3, -0.25) is 0 Å². The molecule has 1 aromatic rings. The summed E-state index contributed by atoms with van der Waals surface area (Å²) in [5.74, 6) is 1.73. The SMILES string of the molecule is CCSCCC(O)Cc1cc(Br)ccc1F. The molecule has 0 heterocycles. The van der Waals surface area contributed by atoms with Crippen molar-refractivity contribution in [1.82, 2.24) is 0 Å². The second-order valence-electron chi connectivity index (χ2n) is 3.58. The summed E-state index contributed by atoms with van der Waals surface area (Å²) >= 11 is 5.09. The topological polar surface area (TPSA) is 20.2 Å². The summed E-state index contributed by atoms with van der Waals surface area (Å²) in [7, 11) is 0. The predicted molar refractivity (Wildman–Crippen MR) is 71.4 cm³/mol. The fourth-order valence-electron chi connectivity index (χ4n) is 1.42. The second-order valence-corrected chi connectivity index (χ2v) is 5.89. The number of thioether (sulfide) groups is 1. The van der Waals surface area contributed by atoms with Crippen LogP contribution >= 0.6 is 27.7 Å². The lowest BCUT2D eigenvalue weighted by Crippen LogP contribution is -2.12. The zero-order chi connectivity index (χ0) is 12.0. The Bertz CT molecular complexity index is 333. The maximum Gasteiger partial charge on any atom is 0.126 e. The summed E-state index contributed by atoms with van der Waals surface area (Å²) in [5.41, 5.74) is 0.573. The molecular formula is C12H16BrFOS. The summed E-state index contributed by atoms with van der Waals surface area (Å²) in [4.78, 5) is 0. The average molecular weight is 307 g/mol. The van der Waals surface area contributed by atoms with Crippen molar-refractivity contribution in [1.29, 1.82) is 0 Å². The van der Waals surface area contributed by atoms with Crippen molar-refractivity contribution in [2.24, 2.45) is 0 Å². The Kier molecular flexibility index (Phi) is 6.39. The fraction of sp³-hybridized carbons (Fsp3) is 0.500. The van der Waals surface area contributed by atoms with Crippen LogP contribution in [0.4, 0.5) is 4.39 Å². The standard InChI is InChI=1S/C12H16BrFOS/c1-2-16-6-5-11(15)8-9-7-10(13)3-4-12(9)14/h3-4,7,11,15H,2,5-6,8H2,1H3. The summed E-state index contributed by atoms with van der Waals surface area (Å²) in [6, 6.07) is 4.82. The van der Waals surface area contributed by atoms with Crippen LogP contribution in [0.25, 0.3) is 0 Å². The Balaban J connectivity index is 2.48. The van der Waals surface area contributed by atoms with Crippen molar-refractivity contribution in [3.63, 3.8) is 0 Å². The first-order valence-electron chi connectivity index (χ1n) is 5.33. The van der Waals surface area contributed by atoms with Crippen LogP contribution in [0.2, 0.25) is 0 Å². The van der Waals surface area contributed by atoms with E-state index in [-0.39, 0.29) is 5.82 Å². The molecule has 0 amide bonds. The minimum atomic E-state index is -0.456. The third-order valence-corrected chi connectivity index (χ3v) is 3.69. The zero-order valence-corrected chi connectivity index (χ0v) is 11.7. The Morgan fingerprint density at radius 3 is 2.94 bits per heavy atom. The zero-order valence-electron chi connectivity index (χ0n) is 9.25. The van der Waals surface area contributed by atoms with Gasteiger partial charge in [-0.15, -0.1) is 0 Å². The first-order chi connectivity index (χ1) is 7.63. The summed E-state index contributed by atoms with van der Waals surface area (Å²) in [5, 5.41) is 9.75. The van der Waals surface area contributed by atoms with E-state index in [4.69, 9.17) is 0 Å². The van der Waals surface area contributed by atoms with Gasteiger partial charge in [-0.2, -0.15) is 11.8 Å². The van der Waals surface area contributed by atoms with Gasteiger partial charge in [-0.1, -0.05) is 22.9 Å². The van der Waals surface area contributed by atoms with Crippen molar-refractivity contribution in [2.45, 2.75) is 25.9 Å². The molecular weight excluding hydrogens is 291 g/mol. The molecule has 4 heteroatoms. The molecule has 1 nitrogen and oxygen atoms in total. The highest BCUT2D eigenvalue weighted by atomic mass is 79.9. The minimum Gasteiger partial charge on any atom is -0.393 e. The van der Waals surface area contributed by atoms with Gasteiger partial charge < -0.3 is 5.11 Å². The predicted octanol–water partition coefficient (Wildman–Crippen LogP) is 3.63. The van der Waals surface area contributed by atoms with Gasteiger partial charge in [0.05, 0.1) is 6.10 Å². The molecule has 90 valence electrons. The van der Waals surface area contributed by atoms with Gasteiger partial charge >= 0.3 is 0 Å². The van der Waals surface area contributed by atoms with Crippen LogP contribution in [-0.4, -0.2) is 22.7 Å². The van der Waals surface area contributed by atoms with Gasteiger partial charge in [0, 0.05) is 10.9 Å². The molecule has 0 radical (unpaired) electrons. The molecule has 0 aliphatic rings. The largest absolute Gasteiger partial charge is 0.393 e. The van der Waals surface area contributed by atoms with E-state index in [9.17, 15) is 9.50 Å². The van der Waals surface area contributed by atoms with E-state index in [1.165, 1.54) is 6.07 Å². The lowest BCUT2D eigenvalue weighted by Gasteiger charge is -2.11. The normalized spacial score (nSPS) is 12.8. The van der Waals surface area contributed by atoms with Crippen molar-refractivity contribution in [3.05, 3.63) is 34.1 Å². The third kappa shape index (κ3) is 4.85. The molecule has 16 heavy (non-hydrogen) atoms. The van der Waals surface area contributed by atoms with Gasteiger partial charge in [0.15, 0.2) is 0 Å². The van der Waals surface area contributed by atoms with Crippen molar-refractivity contribution < 1.29 is 9.50 Å². The first-order valence-corrected chi connectivity index (χ1v) is 7.28. The van der Waals surface area contributed by atoms with Gasteiger partial charge in [-0.05, 0) is 41.7 Å². The van der Waals surface area contributed by atoms with Crippen molar-refractivity contribution in [3.8, 4) is 0 Å². The molecule has 1 rings (SSSR count). The van der Waals surface area contributed by atoms with Gasteiger partial charge in [0.25, 0.3) is 0 Å². The third-order valence-electron chi connectivity index (χ3n) is 2.26. The van der Waals surface area contributed by atoms with E-state index in [0.717, 1.165) is 16.0 Å². The number of aliphatic hydroxyl groups is 1. The highest BCUT2D eigenvalue weighted by Gasteiger charge is 2.09. The molecule has 1 atom stereocenters. The molecule has 0 fully saturated rings. The van der Waals surface area contributed by atoms with E-state index in [0.29, 0.717) is 18.4 Å². The molecule has 0 aromatic heterocycles. The van der Waals surface area contributed by atoms with Crippen LogP contribution in [0, 0.1) is 5.82 Å². The molecule has 0 bridgehead atoms. The highest BCUT2D eigenvalue weighted by molar-refractivity contribution is 9.10. The molecule has 1 N–H and O–H groups in total. The number of halogens is 2. The van der Waals surface area contributed by atoms with Gasteiger partial charge in [0.2, 0.25) is 0 Å². The number of hydrogen-bond acceptors (Lipinski definition) is 2. The lowest BCUT2D eigenvalue weighted by molar-refractivity contribution is 0.171. The number of benzene rings is 1. The molecule has 0 aliphatic carbocycles. The first kappa shape index (κ1) is 14.0. The molecule has 0 aliphatic heterocycles. The molecule has 0 spiro atoms. The van der Waals surface area contributed by atoms with Crippen LogP contribution in [-0.2, 0) is 6.42 Å². The second kappa shape index (κ2) is 7.30. The fourth-order valence-corrected chi connectivity index (χ4v) is 2.56. The van der Waals surface area contributed by atoms with Crippen LogP contribution in [0.5, 0.6) is 0 Å². The van der Waals surface area contributed by atoms with Crippen LogP contribution in [0.1, 0.15) is 18.9 Å². The Hall–Kier alpha value is -0.0600. The molecule has 1 unspecified atom stereocenters. The Labute approximate surface area is 109 Å². The molecule has 0 saturated heterocycles. The van der Waals surface area contributed by atoms with E-state index in [1.54, 1.807) is 23.9 Å². The smallest absolute Gasteiger partial charge is 0.126 e. The van der Waals surface area contributed by atoms with E-state index in [1.807, 2.05) is 0 Å². The summed E-state index contributed by atoms with van der Waals surface area (Å²) in [6.45, 7) is 2.09. The summed E-state index contributed by atoms with van der Waals surface area (Å²) in [6.07, 6.45) is 0.642. The van der Waals surface area contributed by atoms with E-state index in [2.05, 4.69) is 22.9 Å². The van der Waals surface area contributed by atoms with Crippen LogP contribution < -0.4 is 0 Å².